The fourth-order valence-corrected chi connectivity index (χ4v) is 2.13. The van der Waals surface area contributed by atoms with Gasteiger partial charge < -0.3 is 19.9 Å². The van der Waals surface area contributed by atoms with Gasteiger partial charge in [0, 0.05) is 4.47 Å². The quantitative estimate of drug-likeness (QED) is 0.834. The van der Waals surface area contributed by atoms with Crippen LogP contribution in [0.2, 0.25) is 0 Å². The first-order valence-corrected chi connectivity index (χ1v) is 6.84. The van der Waals surface area contributed by atoms with Gasteiger partial charge in [-0.2, -0.15) is 0 Å². The molecular weight excluding hydrogens is 330 g/mol. The van der Waals surface area contributed by atoms with Crippen LogP contribution < -0.4 is 10.1 Å². The summed E-state index contributed by atoms with van der Waals surface area (Å²) in [5, 5.41) is 11.6. The van der Waals surface area contributed by atoms with Crippen molar-refractivity contribution in [1.82, 2.24) is 5.32 Å². The first-order chi connectivity index (χ1) is 9.56. The fourth-order valence-electron chi connectivity index (χ4n) is 1.87. The molecule has 1 saturated heterocycles. The van der Waals surface area contributed by atoms with E-state index in [0.29, 0.717) is 5.75 Å². The summed E-state index contributed by atoms with van der Waals surface area (Å²) in [4.78, 5) is 22.7. The van der Waals surface area contributed by atoms with Crippen molar-refractivity contribution in [2.24, 2.45) is 5.92 Å². The van der Waals surface area contributed by atoms with Crippen molar-refractivity contribution < 1.29 is 24.2 Å². The van der Waals surface area contributed by atoms with E-state index in [0.717, 1.165) is 4.47 Å². The molecule has 1 aliphatic heterocycles. The zero-order valence-electron chi connectivity index (χ0n) is 10.5. The second-order valence-corrected chi connectivity index (χ2v) is 5.31. The molecule has 2 N–H and O–H groups in total. The molecule has 1 amide bonds. The van der Waals surface area contributed by atoms with E-state index in [2.05, 4.69) is 21.2 Å². The van der Waals surface area contributed by atoms with E-state index < -0.39 is 17.9 Å². The van der Waals surface area contributed by atoms with Crippen molar-refractivity contribution in [2.45, 2.75) is 6.04 Å². The molecule has 1 aromatic carbocycles. The summed E-state index contributed by atoms with van der Waals surface area (Å²) in [5.41, 5.74) is 0. The summed E-state index contributed by atoms with van der Waals surface area (Å²) in [5.74, 6) is -1.47. The summed E-state index contributed by atoms with van der Waals surface area (Å²) in [7, 11) is 0. The van der Waals surface area contributed by atoms with E-state index in [1.807, 2.05) is 0 Å². The zero-order chi connectivity index (χ0) is 14.5. The van der Waals surface area contributed by atoms with Gasteiger partial charge in [0.2, 0.25) is 0 Å². The second kappa shape index (κ2) is 6.71. The molecule has 7 heteroatoms. The van der Waals surface area contributed by atoms with E-state index in [1.54, 1.807) is 24.3 Å². The molecule has 1 fully saturated rings. The molecule has 20 heavy (non-hydrogen) atoms. The fraction of sp³-hybridized carbons (Fsp3) is 0.385. The molecule has 0 saturated carbocycles. The number of hydrogen-bond donors (Lipinski definition) is 2. The summed E-state index contributed by atoms with van der Waals surface area (Å²) in [6.07, 6.45) is 0. The molecule has 2 atom stereocenters. The van der Waals surface area contributed by atoms with Crippen LogP contribution in [-0.2, 0) is 14.3 Å². The zero-order valence-corrected chi connectivity index (χ0v) is 12.1. The van der Waals surface area contributed by atoms with Gasteiger partial charge in [-0.25, -0.2) is 0 Å². The number of halogens is 1. The molecular formula is C13H14BrNO5. The van der Waals surface area contributed by atoms with Gasteiger partial charge in [0.05, 0.1) is 19.3 Å². The van der Waals surface area contributed by atoms with Crippen LogP contribution >= 0.6 is 15.9 Å². The number of ether oxygens (including phenoxy) is 2. The molecule has 1 aliphatic rings. The molecule has 0 radical (unpaired) electrons. The number of aliphatic carboxylic acids is 1. The van der Waals surface area contributed by atoms with E-state index in [-0.39, 0.29) is 25.7 Å². The molecule has 1 heterocycles. The lowest BCUT2D eigenvalue weighted by Gasteiger charge is -2.15. The Morgan fingerprint density at radius 3 is 2.70 bits per heavy atom. The number of hydrogen-bond acceptors (Lipinski definition) is 4. The Bertz CT molecular complexity index is 490. The van der Waals surface area contributed by atoms with E-state index in [9.17, 15) is 9.59 Å². The molecule has 0 spiro atoms. The van der Waals surface area contributed by atoms with Crippen molar-refractivity contribution in [3.05, 3.63) is 28.7 Å². The van der Waals surface area contributed by atoms with Crippen LogP contribution in [0.15, 0.2) is 28.7 Å². The van der Waals surface area contributed by atoms with Crippen molar-refractivity contribution in [3.63, 3.8) is 0 Å². The predicted octanol–water partition coefficient (Wildman–Crippen LogP) is 1.04. The van der Waals surface area contributed by atoms with Crippen LogP contribution in [0.3, 0.4) is 0 Å². The van der Waals surface area contributed by atoms with Crippen LogP contribution in [0.4, 0.5) is 0 Å². The van der Waals surface area contributed by atoms with Crippen LogP contribution in [0.25, 0.3) is 0 Å². The highest BCUT2D eigenvalue weighted by Crippen LogP contribution is 2.16. The van der Waals surface area contributed by atoms with Gasteiger partial charge in [-0.05, 0) is 24.3 Å². The Labute approximate surface area is 124 Å². The Morgan fingerprint density at radius 1 is 1.35 bits per heavy atom. The van der Waals surface area contributed by atoms with Gasteiger partial charge >= 0.3 is 5.97 Å². The molecule has 2 unspecified atom stereocenters. The van der Waals surface area contributed by atoms with Crippen LogP contribution in [0, 0.1) is 5.92 Å². The average Bonchev–Trinajstić information content (AvgIpc) is 2.86. The molecule has 1 aromatic rings. The Hall–Kier alpha value is -1.60. The second-order valence-electron chi connectivity index (χ2n) is 4.40. The highest BCUT2D eigenvalue weighted by atomic mass is 79.9. The number of carbonyl (C=O) groups excluding carboxylic acids is 1. The van der Waals surface area contributed by atoms with Gasteiger partial charge in [0.25, 0.3) is 5.91 Å². The maximum absolute atomic E-state index is 11.7. The Balaban J connectivity index is 1.80. The number of benzene rings is 1. The molecule has 0 aliphatic carbocycles. The standard InChI is InChI=1S/C13H14BrNO5/c14-8-1-3-9(4-2-8)20-7-12(16)15-11-6-19-5-10(11)13(17)18/h1-4,10-11H,5-7H2,(H,15,16)(H,17,18). The SMILES string of the molecule is O=C(COc1ccc(Br)cc1)NC1COCC1C(=O)O. The third-order valence-corrected chi connectivity index (χ3v) is 3.46. The molecule has 108 valence electrons. The summed E-state index contributed by atoms with van der Waals surface area (Å²) < 4.78 is 11.3. The maximum atomic E-state index is 11.7. The van der Waals surface area contributed by atoms with Crippen LogP contribution in [0.5, 0.6) is 5.75 Å². The highest BCUT2D eigenvalue weighted by Gasteiger charge is 2.34. The van der Waals surface area contributed by atoms with E-state index >= 15 is 0 Å². The lowest BCUT2D eigenvalue weighted by Crippen LogP contribution is -2.44. The molecule has 0 aromatic heterocycles. The third-order valence-electron chi connectivity index (χ3n) is 2.93. The molecule has 6 nitrogen and oxygen atoms in total. The summed E-state index contributed by atoms with van der Waals surface area (Å²) in [6, 6.07) is 6.57. The van der Waals surface area contributed by atoms with Crippen LogP contribution in [-0.4, -0.2) is 42.8 Å². The normalized spacial score (nSPS) is 21.4. The smallest absolute Gasteiger partial charge is 0.311 e. The summed E-state index contributed by atoms with van der Waals surface area (Å²) in [6.45, 7) is 0.166. The van der Waals surface area contributed by atoms with E-state index in [4.69, 9.17) is 14.6 Å². The third kappa shape index (κ3) is 3.94. The van der Waals surface area contributed by atoms with Gasteiger partial charge in [-0.1, -0.05) is 15.9 Å². The van der Waals surface area contributed by atoms with Gasteiger partial charge in [0.1, 0.15) is 11.7 Å². The number of amides is 1. The maximum Gasteiger partial charge on any atom is 0.311 e. The van der Waals surface area contributed by atoms with Crippen molar-refractivity contribution in [1.29, 1.82) is 0 Å². The Kier molecular flexibility index (Phi) is 4.97. The number of nitrogens with one attached hydrogen (secondary N) is 1. The average molecular weight is 344 g/mol. The lowest BCUT2D eigenvalue weighted by molar-refractivity contribution is -0.142. The first kappa shape index (κ1) is 14.8. The van der Waals surface area contributed by atoms with Gasteiger partial charge in [-0.3, -0.25) is 9.59 Å². The predicted molar refractivity (Wildman–Crippen MR) is 73.5 cm³/mol. The largest absolute Gasteiger partial charge is 0.484 e. The van der Waals surface area contributed by atoms with Gasteiger partial charge in [0.15, 0.2) is 6.61 Å². The molecule has 2 rings (SSSR count). The van der Waals surface area contributed by atoms with E-state index in [1.165, 1.54) is 0 Å². The first-order valence-electron chi connectivity index (χ1n) is 6.04. The number of carboxylic acids is 1. The highest BCUT2D eigenvalue weighted by molar-refractivity contribution is 9.10. The minimum absolute atomic E-state index is 0.119. The number of carboxylic acid groups (broad SMARTS) is 1. The topological polar surface area (TPSA) is 84.9 Å². The molecule has 0 bridgehead atoms. The van der Waals surface area contributed by atoms with Crippen molar-refractivity contribution in [3.8, 4) is 5.75 Å². The number of carbonyl (C=O) groups is 2. The van der Waals surface area contributed by atoms with Gasteiger partial charge in [-0.15, -0.1) is 0 Å². The van der Waals surface area contributed by atoms with Crippen LogP contribution in [0.1, 0.15) is 0 Å². The summed E-state index contributed by atoms with van der Waals surface area (Å²) >= 11 is 3.30. The monoisotopic (exact) mass is 343 g/mol. The lowest BCUT2D eigenvalue weighted by atomic mass is 10.0. The minimum atomic E-state index is -0.971. The van der Waals surface area contributed by atoms with Crippen molar-refractivity contribution >= 4 is 27.8 Å². The number of rotatable bonds is 5. The Morgan fingerprint density at radius 2 is 2.05 bits per heavy atom. The van der Waals surface area contributed by atoms with Crippen molar-refractivity contribution in [2.75, 3.05) is 19.8 Å². The minimum Gasteiger partial charge on any atom is -0.484 e.